The molecule has 0 aliphatic carbocycles. The summed E-state index contributed by atoms with van der Waals surface area (Å²) >= 11 is 0. The van der Waals surface area contributed by atoms with E-state index in [0.29, 0.717) is 67.0 Å². The number of nitrogens with zero attached hydrogens (tertiary/aromatic N) is 1. The van der Waals surface area contributed by atoms with E-state index in [1.54, 1.807) is 41.3 Å². The molecular formula is C22H26N2O5. The molecule has 0 atom stereocenters. The Morgan fingerprint density at radius 3 is 2.55 bits per heavy atom. The highest BCUT2D eigenvalue weighted by atomic mass is 16.5. The van der Waals surface area contributed by atoms with Gasteiger partial charge in [-0.2, -0.15) is 0 Å². The van der Waals surface area contributed by atoms with Gasteiger partial charge in [0.15, 0.2) is 11.5 Å². The zero-order chi connectivity index (χ0) is 20.8. The lowest BCUT2D eigenvalue weighted by molar-refractivity contribution is 0.0764. The Morgan fingerprint density at radius 2 is 1.83 bits per heavy atom. The third-order valence-electron chi connectivity index (χ3n) is 4.56. The number of anilines is 1. The van der Waals surface area contributed by atoms with Gasteiger partial charge in [-0.1, -0.05) is 0 Å². The molecule has 0 spiro atoms. The predicted molar refractivity (Wildman–Crippen MR) is 110 cm³/mol. The van der Waals surface area contributed by atoms with Gasteiger partial charge < -0.3 is 24.4 Å². The van der Waals surface area contributed by atoms with Crippen molar-refractivity contribution in [2.75, 3.05) is 38.2 Å². The first-order valence-electron chi connectivity index (χ1n) is 9.84. The van der Waals surface area contributed by atoms with Gasteiger partial charge in [-0.3, -0.25) is 9.59 Å². The summed E-state index contributed by atoms with van der Waals surface area (Å²) in [5.41, 5.74) is 1.41. The van der Waals surface area contributed by atoms with Gasteiger partial charge in [-0.25, -0.2) is 0 Å². The Hall–Kier alpha value is -3.22. The van der Waals surface area contributed by atoms with Gasteiger partial charge in [0.05, 0.1) is 25.3 Å². The molecule has 0 bridgehead atoms. The summed E-state index contributed by atoms with van der Waals surface area (Å²) in [6, 6.07) is 10.1. The minimum absolute atomic E-state index is 0.101. The number of rotatable bonds is 7. The van der Waals surface area contributed by atoms with E-state index in [-0.39, 0.29) is 11.8 Å². The second-order valence-electron chi connectivity index (χ2n) is 6.43. The van der Waals surface area contributed by atoms with Gasteiger partial charge in [0.25, 0.3) is 11.8 Å². The molecule has 0 aromatic heterocycles. The van der Waals surface area contributed by atoms with E-state index in [9.17, 15) is 9.59 Å². The molecule has 2 aromatic carbocycles. The molecule has 0 saturated heterocycles. The number of fused-ring (bicyclic) bond motifs is 1. The fourth-order valence-corrected chi connectivity index (χ4v) is 3.14. The van der Waals surface area contributed by atoms with Gasteiger partial charge >= 0.3 is 0 Å². The third-order valence-corrected chi connectivity index (χ3v) is 4.56. The Labute approximate surface area is 170 Å². The van der Waals surface area contributed by atoms with Crippen LogP contribution < -0.4 is 19.5 Å². The lowest BCUT2D eigenvalue weighted by Crippen LogP contribution is -2.32. The normalized spacial score (nSPS) is 13.2. The monoisotopic (exact) mass is 398 g/mol. The smallest absolute Gasteiger partial charge is 0.257 e. The summed E-state index contributed by atoms with van der Waals surface area (Å²) in [6.07, 6.45) is 0. The van der Waals surface area contributed by atoms with Crippen LogP contribution in [0.1, 0.15) is 41.5 Å². The highest BCUT2D eigenvalue weighted by Crippen LogP contribution is 2.30. The standard InChI is InChI=1S/C22H26N2O5/c1-4-24-11-12-29-18-10-8-16(14-17(18)22(24)26)23-21(25)15-7-9-19(27-5-2)20(13-15)28-6-3/h7-10,13-14H,4-6,11-12H2,1-3H3,(H,23,25). The Kier molecular flexibility index (Phi) is 6.59. The first kappa shape index (κ1) is 20.5. The summed E-state index contributed by atoms with van der Waals surface area (Å²) in [7, 11) is 0. The molecule has 1 heterocycles. The van der Waals surface area contributed by atoms with Crippen molar-refractivity contribution >= 4 is 17.5 Å². The molecule has 7 heteroatoms. The lowest BCUT2D eigenvalue weighted by Gasteiger charge is -2.17. The zero-order valence-corrected chi connectivity index (χ0v) is 17.0. The van der Waals surface area contributed by atoms with Crippen molar-refractivity contribution in [1.29, 1.82) is 0 Å². The molecule has 1 N–H and O–H groups in total. The van der Waals surface area contributed by atoms with E-state index in [1.807, 2.05) is 20.8 Å². The van der Waals surface area contributed by atoms with Crippen LogP contribution >= 0.6 is 0 Å². The van der Waals surface area contributed by atoms with Gasteiger partial charge in [0.2, 0.25) is 0 Å². The average molecular weight is 398 g/mol. The summed E-state index contributed by atoms with van der Waals surface area (Å²) < 4.78 is 16.8. The Bertz CT molecular complexity index is 897. The minimum Gasteiger partial charge on any atom is -0.491 e. The number of nitrogens with one attached hydrogen (secondary N) is 1. The molecule has 2 aromatic rings. The molecule has 154 valence electrons. The van der Waals surface area contributed by atoms with E-state index in [1.165, 1.54) is 0 Å². The third kappa shape index (κ3) is 4.62. The van der Waals surface area contributed by atoms with E-state index in [4.69, 9.17) is 14.2 Å². The maximum Gasteiger partial charge on any atom is 0.257 e. The molecule has 0 unspecified atom stereocenters. The van der Waals surface area contributed by atoms with Crippen LogP contribution in [-0.2, 0) is 0 Å². The topological polar surface area (TPSA) is 77.1 Å². The average Bonchev–Trinajstić information content (AvgIpc) is 2.88. The molecule has 2 amide bonds. The molecule has 1 aliphatic heterocycles. The maximum atomic E-state index is 12.7. The molecule has 0 fully saturated rings. The quantitative estimate of drug-likeness (QED) is 0.771. The Balaban J connectivity index is 1.82. The second kappa shape index (κ2) is 9.32. The molecule has 7 nitrogen and oxygen atoms in total. The first-order valence-corrected chi connectivity index (χ1v) is 9.84. The van der Waals surface area contributed by atoms with Crippen molar-refractivity contribution in [1.82, 2.24) is 4.90 Å². The SMILES string of the molecule is CCOc1ccc(C(=O)Nc2ccc3c(c2)C(=O)N(CC)CCO3)cc1OCC. The number of hydrogen-bond donors (Lipinski definition) is 1. The van der Waals surface area contributed by atoms with Crippen molar-refractivity contribution in [3.8, 4) is 17.2 Å². The van der Waals surface area contributed by atoms with Gasteiger partial charge in [-0.15, -0.1) is 0 Å². The molecular weight excluding hydrogens is 372 g/mol. The van der Waals surface area contributed by atoms with E-state index in [0.717, 1.165) is 0 Å². The zero-order valence-electron chi connectivity index (χ0n) is 17.0. The van der Waals surface area contributed by atoms with Crippen LogP contribution in [0.15, 0.2) is 36.4 Å². The molecule has 0 saturated carbocycles. The number of carbonyl (C=O) groups is 2. The highest BCUT2D eigenvalue weighted by molar-refractivity contribution is 6.06. The lowest BCUT2D eigenvalue weighted by atomic mass is 10.1. The summed E-state index contributed by atoms with van der Waals surface area (Å²) in [5.74, 6) is 1.24. The van der Waals surface area contributed by atoms with Crippen LogP contribution in [0.4, 0.5) is 5.69 Å². The van der Waals surface area contributed by atoms with Gasteiger partial charge in [-0.05, 0) is 57.2 Å². The van der Waals surface area contributed by atoms with E-state index in [2.05, 4.69) is 5.32 Å². The van der Waals surface area contributed by atoms with Gasteiger partial charge in [0.1, 0.15) is 12.4 Å². The van der Waals surface area contributed by atoms with Crippen molar-refractivity contribution in [2.45, 2.75) is 20.8 Å². The second-order valence-corrected chi connectivity index (χ2v) is 6.43. The Morgan fingerprint density at radius 1 is 1.07 bits per heavy atom. The predicted octanol–water partition coefficient (Wildman–Crippen LogP) is 3.59. The van der Waals surface area contributed by atoms with Crippen molar-refractivity contribution in [3.63, 3.8) is 0 Å². The van der Waals surface area contributed by atoms with Crippen molar-refractivity contribution in [3.05, 3.63) is 47.5 Å². The van der Waals surface area contributed by atoms with Crippen LogP contribution in [0, 0.1) is 0 Å². The van der Waals surface area contributed by atoms with Crippen molar-refractivity contribution < 1.29 is 23.8 Å². The van der Waals surface area contributed by atoms with Crippen LogP contribution in [0.3, 0.4) is 0 Å². The first-order chi connectivity index (χ1) is 14.1. The number of carbonyl (C=O) groups excluding carboxylic acids is 2. The number of amides is 2. The fourth-order valence-electron chi connectivity index (χ4n) is 3.14. The van der Waals surface area contributed by atoms with Crippen molar-refractivity contribution in [2.24, 2.45) is 0 Å². The van der Waals surface area contributed by atoms with Crippen LogP contribution in [0.25, 0.3) is 0 Å². The molecule has 3 rings (SSSR count). The van der Waals surface area contributed by atoms with Gasteiger partial charge in [0, 0.05) is 17.8 Å². The number of likely N-dealkylation sites (N-methyl/N-ethyl adjacent to an activating group) is 1. The molecule has 29 heavy (non-hydrogen) atoms. The number of hydrogen-bond acceptors (Lipinski definition) is 5. The maximum absolute atomic E-state index is 12.7. The van der Waals surface area contributed by atoms with Crippen LogP contribution in [-0.4, -0.2) is 49.6 Å². The number of benzene rings is 2. The van der Waals surface area contributed by atoms with Crippen LogP contribution in [0.2, 0.25) is 0 Å². The highest BCUT2D eigenvalue weighted by Gasteiger charge is 2.23. The van der Waals surface area contributed by atoms with E-state index < -0.39 is 0 Å². The largest absolute Gasteiger partial charge is 0.491 e. The molecule has 0 radical (unpaired) electrons. The minimum atomic E-state index is -0.303. The fraction of sp³-hybridized carbons (Fsp3) is 0.364. The summed E-state index contributed by atoms with van der Waals surface area (Å²) in [6.45, 7) is 8.25. The van der Waals surface area contributed by atoms with Crippen LogP contribution in [0.5, 0.6) is 17.2 Å². The molecule has 1 aliphatic rings. The summed E-state index contributed by atoms with van der Waals surface area (Å²) in [4.78, 5) is 27.2. The summed E-state index contributed by atoms with van der Waals surface area (Å²) in [5, 5.41) is 2.84. The van der Waals surface area contributed by atoms with E-state index >= 15 is 0 Å². The number of ether oxygens (including phenoxy) is 3.